The van der Waals surface area contributed by atoms with Gasteiger partial charge < -0.3 is 15.4 Å². The van der Waals surface area contributed by atoms with Crippen LogP contribution in [0.1, 0.15) is 16.3 Å². The number of nitrogens with two attached hydrogens (primary N) is 1. The Balaban J connectivity index is 1.46. The minimum absolute atomic E-state index is 0.000740. The molecule has 122 valence electrons. The average Bonchev–Trinajstić information content (AvgIpc) is 2.93. The average molecular weight is 325 g/mol. The number of carbonyl (C=O) groups is 1. The maximum atomic E-state index is 11.2. The Kier molecular flexibility index (Phi) is 3.26. The van der Waals surface area contributed by atoms with Crippen molar-refractivity contribution in [3.05, 3.63) is 42.2 Å². The highest BCUT2D eigenvalue weighted by molar-refractivity contribution is 5.91. The van der Waals surface area contributed by atoms with E-state index in [4.69, 9.17) is 10.5 Å². The zero-order chi connectivity index (χ0) is 16.7. The van der Waals surface area contributed by atoms with E-state index in [1.54, 1.807) is 18.3 Å². The molecule has 0 aliphatic carbocycles. The first kappa shape index (κ1) is 14.4. The van der Waals surface area contributed by atoms with Crippen LogP contribution in [0.5, 0.6) is 5.75 Å². The van der Waals surface area contributed by atoms with E-state index >= 15 is 0 Å². The number of primary amides is 1. The Hall–Kier alpha value is -3.23. The van der Waals surface area contributed by atoms with Gasteiger partial charge in [-0.2, -0.15) is 0 Å². The lowest BCUT2D eigenvalue weighted by Gasteiger charge is -2.39. The van der Waals surface area contributed by atoms with Crippen LogP contribution in [0.3, 0.4) is 0 Å². The molecule has 1 amide bonds. The maximum Gasteiger partial charge on any atom is 0.267 e. The molecule has 9 heteroatoms. The Morgan fingerprint density at radius 1 is 1.29 bits per heavy atom. The van der Waals surface area contributed by atoms with Crippen molar-refractivity contribution in [3.8, 4) is 5.75 Å². The summed E-state index contributed by atoms with van der Waals surface area (Å²) in [6.45, 7) is 3.24. The molecule has 0 spiro atoms. The molecule has 0 bridgehead atoms. The normalized spacial score (nSPS) is 14.6. The summed E-state index contributed by atoms with van der Waals surface area (Å²) in [5.74, 6) is 1.60. The lowest BCUT2D eigenvalue weighted by Crippen LogP contribution is -2.54. The topological polar surface area (TPSA) is 112 Å². The maximum absolute atomic E-state index is 11.2. The van der Waals surface area contributed by atoms with Crippen molar-refractivity contribution in [2.75, 3.05) is 18.0 Å². The zero-order valence-electron chi connectivity index (χ0n) is 13.0. The number of hydrogen-bond acceptors (Lipinski definition) is 7. The third-order valence-electron chi connectivity index (χ3n) is 3.91. The molecule has 0 unspecified atom stereocenters. The van der Waals surface area contributed by atoms with Gasteiger partial charge in [0.25, 0.3) is 5.91 Å². The Morgan fingerprint density at radius 3 is 2.92 bits per heavy atom. The van der Waals surface area contributed by atoms with Gasteiger partial charge in [-0.05, 0) is 13.0 Å². The number of hydrogen-bond donors (Lipinski definition) is 1. The molecular formula is C15H15N7O2. The van der Waals surface area contributed by atoms with Gasteiger partial charge in [0.1, 0.15) is 23.4 Å². The number of carbonyl (C=O) groups excluding carboxylic acids is 1. The van der Waals surface area contributed by atoms with E-state index in [0.717, 1.165) is 17.3 Å². The van der Waals surface area contributed by atoms with E-state index in [2.05, 4.69) is 25.1 Å². The first-order chi connectivity index (χ1) is 11.6. The fraction of sp³-hybridized carbons (Fsp3) is 0.267. The highest BCUT2D eigenvalue weighted by Crippen LogP contribution is 2.25. The van der Waals surface area contributed by atoms with Crippen LogP contribution in [-0.2, 0) is 0 Å². The van der Waals surface area contributed by atoms with E-state index in [-0.39, 0.29) is 11.8 Å². The molecule has 0 aromatic carbocycles. The van der Waals surface area contributed by atoms with Gasteiger partial charge in [-0.15, -0.1) is 10.2 Å². The van der Waals surface area contributed by atoms with E-state index in [1.165, 1.54) is 6.20 Å². The van der Waals surface area contributed by atoms with E-state index in [0.29, 0.717) is 18.8 Å². The summed E-state index contributed by atoms with van der Waals surface area (Å²) >= 11 is 0. The summed E-state index contributed by atoms with van der Waals surface area (Å²) in [7, 11) is 0. The van der Waals surface area contributed by atoms with Crippen molar-refractivity contribution < 1.29 is 9.53 Å². The predicted octanol–water partition coefficient (Wildman–Crippen LogP) is 0.194. The Morgan fingerprint density at radius 2 is 2.12 bits per heavy atom. The number of nitrogens with zero attached hydrogens (tertiary/aromatic N) is 6. The second-order valence-electron chi connectivity index (χ2n) is 5.58. The lowest BCUT2D eigenvalue weighted by molar-refractivity contribution is 0.0994. The van der Waals surface area contributed by atoms with Crippen molar-refractivity contribution in [3.63, 3.8) is 0 Å². The number of aryl methyl sites for hydroxylation is 1. The Labute approximate surface area is 137 Å². The summed E-state index contributed by atoms with van der Waals surface area (Å²) in [4.78, 5) is 21.5. The van der Waals surface area contributed by atoms with E-state index in [9.17, 15) is 4.79 Å². The summed E-state index contributed by atoms with van der Waals surface area (Å²) in [5.41, 5.74) is 6.14. The number of rotatable bonds is 4. The fourth-order valence-electron chi connectivity index (χ4n) is 2.65. The van der Waals surface area contributed by atoms with Gasteiger partial charge in [-0.1, -0.05) is 0 Å². The van der Waals surface area contributed by atoms with Crippen LogP contribution >= 0.6 is 0 Å². The van der Waals surface area contributed by atoms with Crippen molar-refractivity contribution in [2.24, 2.45) is 5.73 Å². The molecule has 1 fully saturated rings. The molecule has 2 N–H and O–H groups in total. The van der Waals surface area contributed by atoms with Crippen LogP contribution in [0, 0.1) is 6.92 Å². The molecule has 1 aliphatic heterocycles. The number of amides is 1. The quantitative estimate of drug-likeness (QED) is 0.729. The smallest absolute Gasteiger partial charge is 0.267 e. The first-order valence-electron chi connectivity index (χ1n) is 7.45. The molecule has 24 heavy (non-hydrogen) atoms. The summed E-state index contributed by atoms with van der Waals surface area (Å²) in [5, 5.41) is 8.24. The van der Waals surface area contributed by atoms with Crippen molar-refractivity contribution >= 4 is 17.4 Å². The summed E-state index contributed by atoms with van der Waals surface area (Å²) < 4.78 is 7.75. The second-order valence-corrected chi connectivity index (χ2v) is 5.58. The Bertz CT molecular complexity index is 917. The SMILES string of the molecule is Cc1nnc2c(N3CC(Oc4ccnc(C(N)=O)c4)C3)nccn12. The minimum atomic E-state index is -0.575. The minimum Gasteiger partial charge on any atom is -0.487 e. The lowest BCUT2D eigenvalue weighted by atomic mass is 10.1. The van der Waals surface area contributed by atoms with Crippen LogP contribution in [-0.4, -0.2) is 49.7 Å². The van der Waals surface area contributed by atoms with Crippen molar-refractivity contribution in [2.45, 2.75) is 13.0 Å². The number of aromatic nitrogens is 5. The standard InChI is InChI=1S/C15H15N7O2/c1-9-19-20-15-14(18-4-5-22(9)15)21-7-11(8-21)24-10-2-3-17-12(6-10)13(16)23/h2-6,11H,7-8H2,1H3,(H2,16,23). The van der Waals surface area contributed by atoms with Crippen molar-refractivity contribution in [1.82, 2.24) is 24.6 Å². The molecule has 0 atom stereocenters. The number of pyridine rings is 1. The van der Waals surface area contributed by atoms with E-state index < -0.39 is 5.91 Å². The molecule has 4 heterocycles. The summed E-state index contributed by atoms with van der Waals surface area (Å²) in [6.07, 6.45) is 5.07. The second kappa shape index (κ2) is 5.44. The van der Waals surface area contributed by atoms with Crippen LogP contribution in [0.25, 0.3) is 5.65 Å². The molecule has 0 saturated carbocycles. The molecule has 4 rings (SSSR count). The third kappa shape index (κ3) is 2.39. The molecule has 1 saturated heterocycles. The molecule has 3 aromatic rings. The zero-order valence-corrected chi connectivity index (χ0v) is 13.0. The van der Waals surface area contributed by atoms with Gasteiger partial charge in [0.15, 0.2) is 5.82 Å². The van der Waals surface area contributed by atoms with Gasteiger partial charge in [-0.25, -0.2) is 4.98 Å². The van der Waals surface area contributed by atoms with E-state index in [1.807, 2.05) is 17.5 Å². The molecular weight excluding hydrogens is 310 g/mol. The predicted molar refractivity (Wildman–Crippen MR) is 84.9 cm³/mol. The molecule has 3 aromatic heterocycles. The molecule has 0 radical (unpaired) electrons. The van der Waals surface area contributed by atoms with Gasteiger partial charge >= 0.3 is 0 Å². The molecule has 1 aliphatic rings. The number of anilines is 1. The third-order valence-corrected chi connectivity index (χ3v) is 3.91. The first-order valence-corrected chi connectivity index (χ1v) is 7.45. The van der Waals surface area contributed by atoms with Gasteiger partial charge in [0.05, 0.1) is 13.1 Å². The number of ether oxygens (including phenoxy) is 1. The van der Waals surface area contributed by atoms with Gasteiger partial charge in [0, 0.05) is 24.7 Å². The monoisotopic (exact) mass is 325 g/mol. The van der Waals surface area contributed by atoms with Crippen LogP contribution in [0.4, 0.5) is 5.82 Å². The largest absolute Gasteiger partial charge is 0.487 e. The van der Waals surface area contributed by atoms with Gasteiger partial charge in [-0.3, -0.25) is 14.2 Å². The number of fused-ring (bicyclic) bond motifs is 1. The van der Waals surface area contributed by atoms with Crippen LogP contribution in [0.15, 0.2) is 30.7 Å². The molecule has 9 nitrogen and oxygen atoms in total. The van der Waals surface area contributed by atoms with Crippen molar-refractivity contribution in [1.29, 1.82) is 0 Å². The van der Waals surface area contributed by atoms with Crippen LogP contribution in [0.2, 0.25) is 0 Å². The highest BCUT2D eigenvalue weighted by Gasteiger charge is 2.31. The summed E-state index contributed by atoms with van der Waals surface area (Å²) in [6, 6.07) is 3.25. The fourth-order valence-corrected chi connectivity index (χ4v) is 2.65. The van der Waals surface area contributed by atoms with Gasteiger partial charge in [0.2, 0.25) is 5.65 Å². The van der Waals surface area contributed by atoms with Crippen LogP contribution < -0.4 is 15.4 Å². The highest BCUT2D eigenvalue weighted by atomic mass is 16.5.